The molecule has 0 spiro atoms. The van der Waals surface area contributed by atoms with Gasteiger partial charge in [0.05, 0.1) is 17.9 Å². The van der Waals surface area contributed by atoms with Gasteiger partial charge >= 0.3 is 0 Å². The van der Waals surface area contributed by atoms with E-state index in [2.05, 4.69) is 20.2 Å². The van der Waals surface area contributed by atoms with Crippen LogP contribution in [-0.4, -0.2) is 54.6 Å². The molecule has 2 aromatic heterocycles. The van der Waals surface area contributed by atoms with E-state index in [1.807, 2.05) is 38.3 Å². The molecule has 1 amide bonds. The predicted molar refractivity (Wildman–Crippen MR) is 97.4 cm³/mol. The van der Waals surface area contributed by atoms with E-state index < -0.39 is 0 Å². The van der Waals surface area contributed by atoms with Crippen LogP contribution in [-0.2, 0) is 0 Å². The molecular weight excluding hydrogens is 302 g/mol. The van der Waals surface area contributed by atoms with Crippen molar-refractivity contribution in [1.82, 2.24) is 20.2 Å². The van der Waals surface area contributed by atoms with Gasteiger partial charge in [-0.3, -0.25) is 4.79 Å². The standard InChI is InChI=1S/C15H18N4O.C3H9N/c20-15-12-8-17-14-11(6-7-16-14)13(12)19(9-18-15)10-4-2-1-3-5-10;1-4(2)3/h6-8,10H,1-5,9H2,(H,16,17)(H,18,20);1-3H3. The van der Waals surface area contributed by atoms with Crippen molar-refractivity contribution < 1.29 is 4.79 Å². The molecule has 1 aliphatic heterocycles. The van der Waals surface area contributed by atoms with Crippen LogP contribution in [0.15, 0.2) is 18.5 Å². The molecule has 24 heavy (non-hydrogen) atoms. The van der Waals surface area contributed by atoms with Crippen molar-refractivity contribution >= 4 is 22.6 Å². The van der Waals surface area contributed by atoms with E-state index in [-0.39, 0.29) is 5.91 Å². The number of hydrogen-bond donors (Lipinski definition) is 2. The third kappa shape index (κ3) is 3.38. The Morgan fingerprint density at radius 1 is 1.21 bits per heavy atom. The van der Waals surface area contributed by atoms with Crippen molar-refractivity contribution in [3.63, 3.8) is 0 Å². The zero-order valence-electron chi connectivity index (χ0n) is 14.8. The summed E-state index contributed by atoms with van der Waals surface area (Å²) < 4.78 is 0. The number of nitrogens with zero attached hydrogens (tertiary/aromatic N) is 3. The Morgan fingerprint density at radius 3 is 2.62 bits per heavy atom. The highest BCUT2D eigenvalue weighted by molar-refractivity contribution is 6.08. The molecule has 6 heteroatoms. The van der Waals surface area contributed by atoms with Gasteiger partial charge in [-0.15, -0.1) is 0 Å². The van der Waals surface area contributed by atoms with Crippen LogP contribution in [0.5, 0.6) is 0 Å². The van der Waals surface area contributed by atoms with Crippen molar-refractivity contribution in [3.05, 3.63) is 24.0 Å². The Hall–Kier alpha value is -2.08. The molecule has 1 fully saturated rings. The van der Waals surface area contributed by atoms with E-state index in [1.54, 1.807) is 6.20 Å². The minimum Gasteiger partial charge on any atom is -0.350 e. The molecule has 0 atom stereocenters. The first-order chi connectivity index (χ1) is 11.6. The molecule has 2 aromatic rings. The van der Waals surface area contributed by atoms with Gasteiger partial charge in [-0.1, -0.05) is 19.3 Å². The van der Waals surface area contributed by atoms with Crippen LogP contribution in [0.25, 0.3) is 11.0 Å². The van der Waals surface area contributed by atoms with Crippen LogP contribution in [0.1, 0.15) is 42.5 Å². The van der Waals surface area contributed by atoms with Crippen LogP contribution < -0.4 is 10.2 Å². The molecule has 1 aliphatic carbocycles. The van der Waals surface area contributed by atoms with Gasteiger partial charge in [0.1, 0.15) is 5.65 Å². The smallest absolute Gasteiger partial charge is 0.256 e. The van der Waals surface area contributed by atoms with E-state index in [0.29, 0.717) is 18.3 Å². The number of anilines is 1. The maximum Gasteiger partial charge on any atom is 0.256 e. The highest BCUT2D eigenvalue weighted by atomic mass is 16.2. The van der Waals surface area contributed by atoms with Crippen LogP contribution in [0.4, 0.5) is 5.69 Å². The fourth-order valence-electron chi connectivity index (χ4n) is 3.51. The molecule has 0 saturated heterocycles. The summed E-state index contributed by atoms with van der Waals surface area (Å²) in [6, 6.07) is 2.55. The Balaban J connectivity index is 0.000000383. The fourth-order valence-corrected chi connectivity index (χ4v) is 3.51. The van der Waals surface area contributed by atoms with Crippen LogP contribution in [0, 0.1) is 0 Å². The van der Waals surface area contributed by atoms with Crippen molar-refractivity contribution in [1.29, 1.82) is 0 Å². The second-order valence-corrected chi connectivity index (χ2v) is 7.03. The van der Waals surface area contributed by atoms with Gasteiger partial charge in [-0.25, -0.2) is 4.98 Å². The number of rotatable bonds is 1. The molecule has 3 heterocycles. The monoisotopic (exact) mass is 329 g/mol. The zero-order chi connectivity index (χ0) is 17.1. The Labute approximate surface area is 143 Å². The first-order valence-corrected chi connectivity index (χ1v) is 8.70. The highest BCUT2D eigenvalue weighted by Crippen LogP contribution is 2.35. The van der Waals surface area contributed by atoms with Gasteiger partial charge in [0.15, 0.2) is 0 Å². The van der Waals surface area contributed by atoms with E-state index in [0.717, 1.165) is 16.7 Å². The van der Waals surface area contributed by atoms with Gasteiger partial charge in [0.2, 0.25) is 0 Å². The number of nitrogens with one attached hydrogen (secondary N) is 2. The maximum atomic E-state index is 12.1. The minimum absolute atomic E-state index is 0.0114. The summed E-state index contributed by atoms with van der Waals surface area (Å²) in [6.45, 7) is 0.612. The minimum atomic E-state index is -0.0114. The lowest BCUT2D eigenvalue weighted by atomic mass is 9.93. The third-order valence-electron chi connectivity index (χ3n) is 4.52. The van der Waals surface area contributed by atoms with Crippen LogP contribution >= 0.6 is 0 Å². The van der Waals surface area contributed by atoms with Gasteiger partial charge in [0.25, 0.3) is 5.91 Å². The summed E-state index contributed by atoms with van der Waals surface area (Å²) in [4.78, 5) is 23.9. The van der Waals surface area contributed by atoms with E-state index in [9.17, 15) is 4.79 Å². The first kappa shape index (κ1) is 16.8. The average Bonchev–Trinajstić information content (AvgIpc) is 3.04. The number of aromatic amines is 1. The molecule has 1 saturated carbocycles. The predicted octanol–water partition coefficient (Wildman–Crippen LogP) is 2.58. The summed E-state index contributed by atoms with van der Waals surface area (Å²) >= 11 is 0. The number of H-pyrrole nitrogens is 1. The first-order valence-electron chi connectivity index (χ1n) is 8.70. The Morgan fingerprint density at radius 2 is 1.92 bits per heavy atom. The molecule has 2 N–H and O–H groups in total. The lowest BCUT2D eigenvalue weighted by molar-refractivity contribution is 0.0945. The number of aromatic nitrogens is 2. The molecule has 2 aliphatic rings. The van der Waals surface area contributed by atoms with E-state index in [1.165, 1.54) is 32.1 Å². The van der Waals surface area contributed by atoms with Gasteiger partial charge in [-0.05, 0) is 40.1 Å². The largest absolute Gasteiger partial charge is 0.350 e. The maximum absolute atomic E-state index is 12.1. The molecule has 0 aromatic carbocycles. The van der Waals surface area contributed by atoms with Crippen molar-refractivity contribution in [2.45, 2.75) is 38.1 Å². The SMILES string of the molecule is CN(C)C.O=C1NCN(C2CCCCC2)c2c1cnc1[nH]ccc21. The second kappa shape index (κ2) is 7.21. The summed E-state index contributed by atoms with van der Waals surface area (Å²) in [5.41, 5.74) is 2.63. The third-order valence-corrected chi connectivity index (χ3v) is 4.52. The van der Waals surface area contributed by atoms with E-state index >= 15 is 0 Å². The number of carbonyl (C=O) groups excluding carboxylic acids is 1. The topological polar surface area (TPSA) is 64.3 Å². The quantitative estimate of drug-likeness (QED) is 0.844. The number of amides is 1. The number of fused-ring (bicyclic) bond motifs is 3. The summed E-state index contributed by atoms with van der Waals surface area (Å²) in [6.07, 6.45) is 9.91. The van der Waals surface area contributed by atoms with Gasteiger partial charge in [0, 0.05) is 23.8 Å². The van der Waals surface area contributed by atoms with Crippen molar-refractivity contribution in [2.75, 3.05) is 32.7 Å². The average molecular weight is 329 g/mol. The lowest BCUT2D eigenvalue weighted by Gasteiger charge is -2.39. The molecule has 130 valence electrons. The second-order valence-electron chi connectivity index (χ2n) is 7.03. The van der Waals surface area contributed by atoms with Gasteiger partial charge < -0.3 is 20.1 Å². The summed E-state index contributed by atoms with van der Waals surface area (Å²) in [7, 11) is 6.00. The molecule has 0 unspecified atom stereocenters. The molecule has 0 bridgehead atoms. The van der Waals surface area contributed by atoms with Crippen LogP contribution in [0.3, 0.4) is 0 Å². The lowest BCUT2D eigenvalue weighted by Crippen LogP contribution is -2.49. The Kier molecular flexibility index (Phi) is 5.04. The summed E-state index contributed by atoms with van der Waals surface area (Å²) in [5, 5.41) is 4.04. The van der Waals surface area contributed by atoms with Crippen molar-refractivity contribution in [2.24, 2.45) is 0 Å². The number of carbonyl (C=O) groups is 1. The Bertz CT molecular complexity index is 700. The number of hydrogen-bond acceptors (Lipinski definition) is 4. The molecular formula is C18H27N5O. The fraction of sp³-hybridized carbons (Fsp3) is 0.556. The molecule has 6 nitrogen and oxygen atoms in total. The number of pyridine rings is 1. The highest BCUT2D eigenvalue weighted by Gasteiger charge is 2.31. The van der Waals surface area contributed by atoms with Crippen molar-refractivity contribution in [3.8, 4) is 0 Å². The van der Waals surface area contributed by atoms with Gasteiger partial charge in [-0.2, -0.15) is 0 Å². The van der Waals surface area contributed by atoms with E-state index in [4.69, 9.17) is 0 Å². The zero-order valence-corrected chi connectivity index (χ0v) is 14.8. The normalized spacial score (nSPS) is 18.2. The summed E-state index contributed by atoms with van der Waals surface area (Å²) in [5.74, 6) is -0.0114. The van der Waals surface area contributed by atoms with Crippen LogP contribution in [0.2, 0.25) is 0 Å². The molecule has 4 rings (SSSR count). The molecule has 0 radical (unpaired) electrons.